The predicted molar refractivity (Wildman–Crippen MR) is 75.2 cm³/mol. The van der Waals surface area contributed by atoms with E-state index in [-0.39, 0.29) is 11.0 Å². The van der Waals surface area contributed by atoms with Crippen LogP contribution in [0.25, 0.3) is 0 Å². The van der Waals surface area contributed by atoms with Crippen LogP contribution >= 0.6 is 11.6 Å². The van der Waals surface area contributed by atoms with Crippen LogP contribution in [0.15, 0.2) is 18.2 Å². The summed E-state index contributed by atoms with van der Waals surface area (Å²) >= 11 is 5.70. The number of hydrogen-bond donors (Lipinski definition) is 1. The van der Waals surface area contributed by atoms with Gasteiger partial charge in [-0.3, -0.25) is 4.90 Å². The Kier molecular flexibility index (Phi) is 5.34. The molecule has 0 radical (unpaired) electrons. The van der Waals surface area contributed by atoms with Crippen molar-refractivity contribution in [2.75, 3.05) is 32.8 Å². The summed E-state index contributed by atoms with van der Waals surface area (Å²) in [6, 6.07) is 3.88. The molecule has 0 spiro atoms. The zero-order valence-corrected chi connectivity index (χ0v) is 12.1. The number of esters is 1. The van der Waals surface area contributed by atoms with Gasteiger partial charge in [-0.1, -0.05) is 17.7 Å². The van der Waals surface area contributed by atoms with E-state index in [1.54, 1.807) is 13.0 Å². The number of rotatable bonds is 4. The molecule has 1 aliphatic rings. The average molecular weight is 301 g/mol. The van der Waals surface area contributed by atoms with Crippen molar-refractivity contribution in [2.45, 2.75) is 13.0 Å². The lowest BCUT2D eigenvalue weighted by atomic mass is 10.0. The molecular weight excluding hydrogens is 283 g/mol. The molecule has 1 aliphatic heterocycles. The maximum atomic E-state index is 13.6. The zero-order chi connectivity index (χ0) is 14.5. The van der Waals surface area contributed by atoms with Crippen LogP contribution < -0.4 is 5.32 Å². The lowest BCUT2D eigenvalue weighted by Gasteiger charge is -2.33. The van der Waals surface area contributed by atoms with Crippen LogP contribution in [0.1, 0.15) is 18.5 Å². The van der Waals surface area contributed by atoms with Gasteiger partial charge in [-0.05, 0) is 24.6 Å². The Morgan fingerprint density at radius 3 is 2.80 bits per heavy atom. The number of benzene rings is 1. The SMILES string of the molecule is CCOC(=O)C(c1ccc(Cl)c(F)c1)N1CCNCC1. The van der Waals surface area contributed by atoms with E-state index in [4.69, 9.17) is 16.3 Å². The highest BCUT2D eigenvalue weighted by molar-refractivity contribution is 6.30. The molecule has 20 heavy (non-hydrogen) atoms. The third-order valence-corrected chi connectivity index (χ3v) is 3.59. The van der Waals surface area contributed by atoms with Gasteiger partial charge in [0.25, 0.3) is 0 Å². The Morgan fingerprint density at radius 1 is 1.50 bits per heavy atom. The second kappa shape index (κ2) is 7.02. The van der Waals surface area contributed by atoms with E-state index in [1.165, 1.54) is 12.1 Å². The Balaban J connectivity index is 2.28. The van der Waals surface area contributed by atoms with Gasteiger partial charge in [-0.2, -0.15) is 0 Å². The maximum absolute atomic E-state index is 13.6. The largest absolute Gasteiger partial charge is 0.465 e. The molecule has 0 aliphatic carbocycles. The third-order valence-electron chi connectivity index (χ3n) is 3.29. The van der Waals surface area contributed by atoms with Crippen molar-refractivity contribution in [3.8, 4) is 0 Å². The average Bonchev–Trinajstić information content (AvgIpc) is 2.44. The van der Waals surface area contributed by atoms with Crippen LogP contribution in [0.5, 0.6) is 0 Å². The number of carbonyl (C=O) groups is 1. The van der Waals surface area contributed by atoms with Gasteiger partial charge in [0.2, 0.25) is 0 Å². The highest BCUT2D eigenvalue weighted by Gasteiger charge is 2.30. The molecule has 1 aromatic rings. The second-order valence-corrected chi connectivity index (χ2v) is 5.02. The third kappa shape index (κ3) is 3.48. The molecule has 2 rings (SSSR count). The van der Waals surface area contributed by atoms with Crippen LogP contribution in [0.4, 0.5) is 4.39 Å². The first kappa shape index (κ1) is 15.2. The van der Waals surface area contributed by atoms with Gasteiger partial charge in [-0.25, -0.2) is 9.18 Å². The van der Waals surface area contributed by atoms with Gasteiger partial charge in [0.05, 0.1) is 11.6 Å². The van der Waals surface area contributed by atoms with E-state index in [0.717, 1.165) is 13.1 Å². The van der Waals surface area contributed by atoms with Crippen molar-refractivity contribution in [2.24, 2.45) is 0 Å². The van der Waals surface area contributed by atoms with Crippen molar-refractivity contribution in [1.82, 2.24) is 10.2 Å². The molecule has 1 aromatic carbocycles. The fraction of sp³-hybridized carbons (Fsp3) is 0.500. The lowest BCUT2D eigenvalue weighted by molar-refractivity contribution is -0.150. The van der Waals surface area contributed by atoms with Crippen molar-refractivity contribution in [3.05, 3.63) is 34.6 Å². The molecule has 0 bridgehead atoms. The number of nitrogens with one attached hydrogen (secondary N) is 1. The van der Waals surface area contributed by atoms with E-state index >= 15 is 0 Å². The fourth-order valence-corrected chi connectivity index (χ4v) is 2.46. The molecule has 1 heterocycles. The van der Waals surface area contributed by atoms with E-state index < -0.39 is 11.9 Å². The molecular formula is C14H18ClFN2O2. The number of carbonyl (C=O) groups excluding carboxylic acids is 1. The van der Waals surface area contributed by atoms with Gasteiger partial charge < -0.3 is 10.1 Å². The normalized spacial score (nSPS) is 17.8. The minimum Gasteiger partial charge on any atom is -0.465 e. The molecule has 1 unspecified atom stereocenters. The molecule has 0 amide bonds. The lowest BCUT2D eigenvalue weighted by Crippen LogP contribution is -2.47. The van der Waals surface area contributed by atoms with Crippen molar-refractivity contribution in [1.29, 1.82) is 0 Å². The summed E-state index contributed by atoms with van der Waals surface area (Å²) < 4.78 is 18.8. The standard InChI is InChI=1S/C14H18ClFN2O2/c1-2-20-14(19)13(18-7-5-17-6-8-18)10-3-4-11(15)12(16)9-10/h3-4,9,13,17H,2,5-8H2,1H3. The molecule has 1 N–H and O–H groups in total. The van der Waals surface area contributed by atoms with Crippen LogP contribution in [0, 0.1) is 5.82 Å². The van der Waals surface area contributed by atoms with Crippen LogP contribution in [0.2, 0.25) is 5.02 Å². The fourth-order valence-electron chi connectivity index (χ4n) is 2.34. The first-order chi connectivity index (χ1) is 9.63. The summed E-state index contributed by atoms with van der Waals surface area (Å²) in [5.41, 5.74) is 0.576. The number of ether oxygens (including phenoxy) is 1. The Bertz CT molecular complexity index is 478. The highest BCUT2D eigenvalue weighted by Crippen LogP contribution is 2.26. The molecule has 1 fully saturated rings. The van der Waals surface area contributed by atoms with Crippen LogP contribution in [0.3, 0.4) is 0 Å². The minimum absolute atomic E-state index is 0.0525. The molecule has 6 heteroatoms. The summed E-state index contributed by atoms with van der Waals surface area (Å²) in [6.45, 7) is 5.09. The molecule has 4 nitrogen and oxygen atoms in total. The van der Waals surface area contributed by atoms with E-state index in [0.29, 0.717) is 25.3 Å². The monoisotopic (exact) mass is 300 g/mol. The van der Waals surface area contributed by atoms with Gasteiger partial charge in [0, 0.05) is 26.2 Å². The molecule has 0 saturated carbocycles. The quantitative estimate of drug-likeness (QED) is 0.864. The summed E-state index contributed by atoms with van der Waals surface area (Å²) in [5.74, 6) is -0.871. The number of halogens is 2. The van der Waals surface area contributed by atoms with E-state index in [1.807, 2.05) is 4.90 Å². The molecule has 1 atom stereocenters. The molecule has 0 aromatic heterocycles. The predicted octanol–water partition coefficient (Wildman–Crippen LogP) is 1.99. The smallest absolute Gasteiger partial charge is 0.328 e. The van der Waals surface area contributed by atoms with Crippen LogP contribution in [-0.2, 0) is 9.53 Å². The van der Waals surface area contributed by atoms with E-state index in [2.05, 4.69) is 5.32 Å². The first-order valence-corrected chi connectivity index (χ1v) is 7.07. The second-order valence-electron chi connectivity index (χ2n) is 4.61. The van der Waals surface area contributed by atoms with Crippen molar-refractivity contribution < 1.29 is 13.9 Å². The number of nitrogens with zero attached hydrogens (tertiary/aromatic N) is 1. The summed E-state index contributed by atoms with van der Waals surface area (Å²) in [6.07, 6.45) is 0. The Hall–Kier alpha value is -1.17. The van der Waals surface area contributed by atoms with Crippen molar-refractivity contribution in [3.63, 3.8) is 0 Å². The van der Waals surface area contributed by atoms with E-state index in [9.17, 15) is 9.18 Å². The Morgan fingerprint density at radius 2 is 2.20 bits per heavy atom. The maximum Gasteiger partial charge on any atom is 0.328 e. The van der Waals surface area contributed by atoms with Gasteiger partial charge >= 0.3 is 5.97 Å². The minimum atomic E-state index is -0.580. The summed E-state index contributed by atoms with van der Waals surface area (Å²) in [7, 11) is 0. The van der Waals surface area contributed by atoms with Gasteiger partial charge in [0.15, 0.2) is 0 Å². The van der Waals surface area contributed by atoms with Crippen LogP contribution in [-0.4, -0.2) is 43.7 Å². The zero-order valence-electron chi connectivity index (χ0n) is 11.4. The topological polar surface area (TPSA) is 41.6 Å². The van der Waals surface area contributed by atoms with Crippen molar-refractivity contribution >= 4 is 17.6 Å². The number of hydrogen-bond acceptors (Lipinski definition) is 4. The molecule has 110 valence electrons. The highest BCUT2D eigenvalue weighted by atomic mass is 35.5. The molecule has 1 saturated heterocycles. The first-order valence-electron chi connectivity index (χ1n) is 6.70. The number of piperazine rings is 1. The summed E-state index contributed by atoms with van der Waals surface area (Å²) in [4.78, 5) is 14.2. The van der Waals surface area contributed by atoms with Gasteiger partial charge in [-0.15, -0.1) is 0 Å². The Labute approximate surface area is 122 Å². The summed E-state index contributed by atoms with van der Waals surface area (Å²) in [5, 5.41) is 3.28. The van der Waals surface area contributed by atoms with Gasteiger partial charge in [0.1, 0.15) is 11.9 Å².